The molecule has 0 aliphatic carbocycles. The third kappa shape index (κ3) is 4.37. The van der Waals surface area contributed by atoms with Crippen molar-refractivity contribution >= 4 is 57.9 Å². The van der Waals surface area contributed by atoms with Gasteiger partial charge in [0.05, 0.1) is 20.9 Å². The van der Waals surface area contributed by atoms with Gasteiger partial charge in [-0.05, 0) is 42.8 Å². The fourth-order valence-corrected chi connectivity index (χ4v) is 3.29. The largest absolute Gasteiger partial charge is 0.326 e. The first-order valence-corrected chi connectivity index (χ1v) is 9.85. The van der Waals surface area contributed by atoms with E-state index in [1.807, 2.05) is 37.3 Å². The van der Waals surface area contributed by atoms with Crippen LogP contribution in [0.4, 0.5) is 16.0 Å². The SMILES string of the molecule is Cc1ccc(C=Cc2cc(F)cc3c(=O)[nH]c(Nc4ccc(Cl)c(Cl)c4)nc23)cc1. The van der Waals surface area contributed by atoms with Crippen molar-refractivity contribution in [2.75, 3.05) is 5.32 Å². The number of hydrogen-bond donors (Lipinski definition) is 2. The third-order valence-electron chi connectivity index (χ3n) is 4.52. The molecule has 0 amide bonds. The molecule has 4 rings (SSSR count). The van der Waals surface area contributed by atoms with Crippen LogP contribution in [0.5, 0.6) is 0 Å². The van der Waals surface area contributed by atoms with Crippen LogP contribution in [0.15, 0.2) is 59.4 Å². The zero-order valence-electron chi connectivity index (χ0n) is 15.8. The standard InChI is InChI=1S/C23H16Cl2FN3O/c1-13-2-4-14(5-3-13)6-7-15-10-16(26)11-18-21(15)28-23(29-22(18)30)27-17-8-9-19(24)20(25)12-17/h2-12H,1H3,(H2,27,28,29,30). The van der Waals surface area contributed by atoms with E-state index in [9.17, 15) is 9.18 Å². The lowest BCUT2D eigenvalue weighted by atomic mass is 10.1. The Kier molecular flexibility index (Phi) is 5.57. The predicted molar refractivity (Wildman–Crippen MR) is 122 cm³/mol. The molecular weight excluding hydrogens is 424 g/mol. The topological polar surface area (TPSA) is 57.8 Å². The fourth-order valence-electron chi connectivity index (χ4n) is 2.99. The summed E-state index contributed by atoms with van der Waals surface area (Å²) >= 11 is 12.0. The van der Waals surface area contributed by atoms with E-state index in [1.165, 1.54) is 12.1 Å². The molecule has 0 radical (unpaired) electrons. The van der Waals surface area contributed by atoms with Gasteiger partial charge >= 0.3 is 0 Å². The molecule has 0 saturated carbocycles. The molecule has 4 aromatic rings. The van der Waals surface area contributed by atoms with Crippen molar-refractivity contribution in [2.45, 2.75) is 6.92 Å². The maximum atomic E-state index is 14.1. The summed E-state index contributed by atoms with van der Waals surface area (Å²) in [5, 5.41) is 3.95. The van der Waals surface area contributed by atoms with Crippen LogP contribution in [0.2, 0.25) is 10.0 Å². The van der Waals surface area contributed by atoms with Crippen LogP contribution in [0.25, 0.3) is 23.1 Å². The Morgan fingerprint density at radius 2 is 1.77 bits per heavy atom. The highest BCUT2D eigenvalue weighted by Crippen LogP contribution is 2.27. The number of hydrogen-bond acceptors (Lipinski definition) is 3. The van der Waals surface area contributed by atoms with Gasteiger partial charge in [-0.15, -0.1) is 0 Å². The number of halogens is 3. The molecule has 2 N–H and O–H groups in total. The maximum Gasteiger partial charge on any atom is 0.260 e. The number of benzene rings is 3. The number of aromatic amines is 1. The number of fused-ring (bicyclic) bond motifs is 1. The lowest BCUT2D eigenvalue weighted by molar-refractivity contribution is 0.629. The minimum atomic E-state index is -0.511. The van der Waals surface area contributed by atoms with Gasteiger partial charge in [0.15, 0.2) is 0 Å². The third-order valence-corrected chi connectivity index (χ3v) is 5.26. The first-order chi connectivity index (χ1) is 14.4. The molecule has 1 heterocycles. The monoisotopic (exact) mass is 439 g/mol. The summed E-state index contributed by atoms with van der Waals surface area (Å²) < 4.78 is 14.1. The number of aromatic nitrogens is 2. The van der Waals surface area contributed by atoms with Crippen molar-refractivity contribution < 1.29 is 4.39 Å². The molecule has 3 aromatic carbocycles. The van der Waals surface area contributed by atoms with E-state index in [2.05, 4.69) is 15.3 Å². The van der Waals surface area contributed by atoms with Crippen LogP contribution in [-0.4, -0.2) is 9.97 Å². The molecule has 0 aliphatic rings. The Bertz CT molecular complexity index is 1330. The minimum Gasteiger partial charge on any atom is -0.326 e. The first kappa shape index (κ1) is 20.1. The average molecular weight is 440 g/mol. The van der Waals surface area contributed by atoms with Gasteiger partial charge < -0.3 is 5.32 Å². The smallest absolute Gasteiger partial charge is 0.260 e. The summed E-state index contributed by atoms with van der Waals surface area (Å²) in [5.74, 6) is -0.300. The van der Waals surface area contributed by atoms with Crippen molar-refractivity contribution in [3.8, 4) is 0 Å². The number of aryl methyl sites for hydroxylation is 1. The van der Waals surface area contributed by atoms with Gasteiger partial charge in [-0.3, -0.25) is 9.78 Å². The minimum absolute atomic E-state index is 0.165. The van der Waals surface area contributed by atoms with Crippen LogP contribution >= 0.6 is 23.2 Å². The van der Waals surface area contributed by atoms with Crippen LogP contribution in [0.1, 0.15) is 16.7 Å². The fraction of sp³-hybridized carbons (Fsp3) is 0.0435. The van der Waals surface area contributed by atoms with Crippen LogP contribution in [0.3, 0.4) is 0 Å². The van der Waals surface area contributed by atoms with Gasteiger partial charge in [0.2, 0.25) is 5.95 Å². The zero-order chi connectivity index (χ0) is 21.3. The van der Waals surface area contributed by atoms with Gasteiger partial charge in [0.1, 0.15) is 5.82 Å². The Labute approximate surface area is 182 Å². The van der Waals surface area contributed by atoms with E-state index < -0.39 is 11.4 Å². The number of rotatable bonds is 4. The molecular formula is C23H16Cl2FN3O. The number of nitrogens with zero attached hydrogens (tertiary/aromatic N) is 1. The molecule has 0 saturated heterocycles. The molecule has 150 valence electrons. The van der Waals surface area contributed by atoms with E-state index in [4.69, 9.17) is 23.2 Å². The van der Waals surface area contributed by atoms with Crippen LogP contribution in [-0.2, 0) is 0 Å². The molecule has 0 fully saturated rings. The molecule has 0 bridgehead atoms. The van der Waals surface area contributed by atoms with Gasteiger partial charge in [-0.1, -0.05) is 65.2 Å². The summed E-state index contributed by atoms with van der Waals surface area (Å²) in [4.78, 5) is 19.7. The second kappa shape index (κ2) is 8.30. The summed E-state index contributed by atoms with van der Waals surface area (Å²) in [5.41, 5.74) is 3.13. The summed E-state index contributed by atoms with van der Waals surface area (Å²) in [6, 6.07) is 15.4. The highest BCUT2D eigenvalue weighted by Gasteiger charge is 2.10. The molecule has 0 spiro atoms. The van der Waals surface area contributed by atoms with Gasteiger partial charge in [-0.25, -0.2) is 9.37 Å². The second-order valence-corrected chi connectivity index (χ2v) is 7.62. The summed E-state index contributed by atoms with van der Waals surface area (Å²) in [6.45, 7) is 2.01. The van der Waals surface area contributed by atoms with Gasteiger partial charge in [-0.2, -0.15) is 0 Å². The van der Waals surface area contributed by atoms with E-state index in [-0.39, 0.29) is 11.3 Å². The lowest BCUT2D eigenvalue weighted by Gasteiger charge is -2.09. The Hall–Kier alpha value is -3.15. The van der Waals surface area contributed by atoms with E-state index in [0.717, 1.165) is 11.1 Å². The Morgan fingerprint density at radius 3 is 2.50 bits per heavy atom. The molecule has 30 heavy (non-hydrogen) atoms. The highest BCUT2D eigenvalue weighted by atomic mass is 35.5. The maximum absolute atomic E-state index is 14.1. The first-order valence-electron chi connectivity index (χ1n) is 9.09. The molecule has 4 nitrogen and oxygen atoms in total. The summed E-state index contributed by atoms with van der Waals surface area (Å²) in [6.07, 6.45) is 3.59. The Balaban J connectivity index is 1.77. The number of nitrogens with one attached hydrogen (secondary N) is 2. The van der Waals surface area contributed by atoms with Crippen molar-refractivity contribution in [3.63, 3.8) is 0 Å². The lowest BCUT2D eigenvalue weighted by Crippen LogP contribution is -2.12. The zero-order valence-corrected chi connectivity index (χ0v) is 17.4. The van der Waals surface area contributed by atoms with Crippen molar-refractivity contribution in [1.82, 2.24) is 9.97 Å². The van der Waals surface area contributed by atoms with Gasteiger partial charge in [0.25, 0.3) is 5.56 Å². The van der Waals surface area contributed by atoms with Crippen molar-refractivity contribution in [3.05, 3.63) is 97.5 Å². The number of H-pyrrole nitrogens is 1. The summed E-state index contributed by atoms with van der Waals surface area (Å²) in [7, 11) is 0. The molecule has 1 aromatic heterocycles. The van der Waals surface area contributed by atoms with E-state index in [0.29, 0.717) is 26.8 Å². The molecule has 0 unspecified atom stereocenters. The van der Waals surface area contributed by atoms with Crippen molar-refractivity contribution in [2.24, 2.45) is 0 Å². The predicted octanol–water partition coefficient (Wildman–Crippen LogP) is 6.59. The Morgan fingerprint density at radius 1 is 1.00 bits per heavy atom. The highest BCUT2D eigenvalue weighted by molar-refractivity contribution is 6.42. The second-order valence-electron chi connectivity index (χ2n) is 6.80. The molecule has 7 heteroatoms. The van der Waals surface area contributed by atoms with E-state index in [1.54, 1.807) is 24.3 Å². The molecule has 0 aliphatic heterocycles. The molecule has 0 atom stereocenters. The van der Waals surface area contributed by atoms with Crippen LogP contribution in [0, 0.1) is 12.7 Å². The average Bonchev–Trinajstić information content (AvgIpc) is 2.71. The van der Waals surface area contributed by atoms with Crippen LogP contribution < -0.4 is 10.9 Å². The van der Waals surface area contributed by atoms with E-state index >= 15 is 0 Å². The quantitative estimate of drug-likeness (QED) is 0.352. The van der Waals surface area contributed by atoms with Gasteiger partial charge in [0, 0.05) is 11.3 Å². The number of anilines is 2. The van der Waals surface area contributed by atoms with Crippen molar-refractivity contribution in [1.29, 1.82) is 0 Å². The normalized spacial score (nSPS) is 11.3.